The molecule has 4 N–H and O–H groups in total. The molecule has 4 atom stereocenters. The monoisotopic (exact) mass is 529 g/mol. The van der Waals surface area contributed by atoms with Gasteiger partial charge in [-0.15, -0.1) is 11.6 Å². The summed E-state index contributed by atoms with van der Waals surface area (Å²) < 4.78 is 0. The van der Waals surface area contributed by atoms with Crippen molar-refractivity contribution in [1.29, 1.82) is 0 Å². The highest BCUT2D eigenvalue weighted by Gasteiger charge is 2.43. The second-order valence-corrected chi connectivity index (χ2v) is 11.1. The van der Waals surface area contributed by atoms with Crippen LogP contribution in [0, 0.1) is 0 Å². The van der Waals surface area contributed by atoms with Crippen molar-refractivity contribution in [2.75, 3.05) is 6.54 Å². The molecule has 3 amide bonds. The predicted molar refractivity (Wildman–Crippen MR) is 143 cm³/mol. The molecule has 2 aromatic rings. The molecule has 0 radical (unpaired) electrons. The minimum atomic E-state index is -1.63. The van der Waals surface area contributed by atoms with Crippen LogP contribution < -0.4 is 10.6 Å². The highest BCUT2D eigenvalue weighted by atomic mass is 35.5. The summed E-state index contributed by atoms with van der Waals surface area (Å²) in [7, 11) is 0. The van der Waals surface area contributed by atoms with Gasteiger partial charge in [0.05, 0.1) is 11.4 Å². The third-order valence-electron chi connectivity index (χ3n) is 6.33. The number of alkyl halides is 1. The van der Waals surface area contributed by atoms with Crippen molar-refractivity contribution < 1.29 is 24.6 Å². The zero-order chi connectivity index (χ0) is 27.3. The predicted octanol–water partition coefficient (Wildman–Crippen LogP) is 2.78. The molecule has 9 heteroatoms. The molecule has 0 bridgehead atoms. The van der Waals surface area contributed by atoms with Crippen molar-refractivity contribution in [3.05, 3.63) is 65.2 Å². The number of amides is 3. The van der Waals surface area contributed by atoms with E-state index in [0.717, 1.165) is 5.56 Å². The minimum absolute atomic E-state index is 0.00399. The number of nitrogens with zero attached hydrogens (tertiary/aromatic N) is 1. The van der Waals surface area contributed by atoms with Crippen molar-refractivity contribution in [1.82, 2.24) is 15.5 Å². The normalized spacial score (nSPS) is 19.2. The first-order chi connectivity index (χ1) is 17.4. The van der Waals surface area contributed by atoms with Gasteiger partial charge in [0.25, 0.3) is 11.8 Å². The molecule has 200 valence electrons. The van der Waals surface area contributed by atoms with Gasteiger partial charge in [-0.2, -0.15) is 0 Å². The van der Waals surface area contributed by atoms with Gasteiger partial charge in [0.1, 0.15) is 11.8 Å². The Morgan fingerprint density at radius 1 is 1.11 bits per heavy atom. The Balaban J connectivity index is 1.87. The number of benzene rings is 2. The number of rotatable bonds is 8. The van der Waals surface area contributed by atoms with E-state index in [4.69, 9.17) is 11.6 Å². The Hall–Kier alpha value is -3.10. The number of aromatic hydroxyl groups is 1. The molecule has 1 aliphatic rings. The zero-order valence-corrected chi connectivity index (χ0v) is 22.5. The van der Waals surface area contributed by atoms with Gasteiger partial charge in [-0.05, 0) is 57.7 Å². The van der Waals surface area contributed by atoms with Crippen molar-refractivity contribution in [3.63, 3.8) is 0 Å². The first-order valence-corrected chi connectivity index (χ1v) is 12.9. The Labute approximate surface area is 223 Å². The number of aliphatic hydroxyl groups is 1. The lowest BCUT2D eigenvalue weighted by Gasteiger charge is -2.32. The third kappa shape index (κ3) is 7.23. The van der Waals surface area contributed by atoms with Gasteiger partial charge in [0.15, 0.2) is 6.10 Å². The smallest absolute Gasteiger partial charge is 0.254 e. The Morgan fingerprint density at radius 2 is 1.78 bits per heavy atom. The Bertz CT molecular complexity index is 1120. The topological polar surface area (TPSA) is 119 Å². The minimum Gasteiger partial charge on any atom is -0.508 e. The number of phenols is 1. The first kappa shape index (κ1) is 28.5. The summed E-state index contributed by atoms with van der Waals surface area (Å²) in [6, 6.07) is 12.0. The average molecular weight is 530 g/mol. The van der Waals surface area contributed by atoms with Gasteiger partial charge >= 0.3 is 0 Å². The molecule has 0 aromatic heterocycles. The largest absolute Gasteiger partial charge is 0.508 e. The van der Waals surface area contributed by atoms with E-state index in [-0.39, 0.29) is 36.6 Å². The van der Waals surface area contributed by atoms with E-state index in [1.807, 2.05) is 58.0 Å². The average Bonchev–Trinajstić information content (AvgIpc) is 3.24. The molecule has 37 heavy (non-hydrogen) atoms. The standard InChI is InChI=1S/C28H36ClN3O5/c1-5-19-20(12-9-13-23(19)33)25(35)30-21(14-17-10-7-6-8-11-17)24(34)27(37)32-16-18(29)15-22(32)26(36)31-28(2,3)4/h6-13,18,21-22,24,33-34H,5,14-16H2,1-4H3,(H,30,35)(H,31,36)/t18-,21-,22-,24-/m0/s1. The lowest BCUT2D eigenvalue weighted by Crippen LogP contribution is -2.57. The van der Waals surface area contributed by atoms with E-state index in [9.17, 15) is 24.6 Å². The summed E-state index contributed by atoms with van der Waals surface area (Å²) in [5, 5.41) is 26.7. The lowest BCUT2D eigenvalue weighted by molar-refractivity contribution is -0.146. The number of carbonyl (C=O) groups excluding carboxylic acids is 3. The van der Waals surface area contributed by atoms with Crippen LogP contribution in [0.1, 0.15) is 55.6 Å². The number of hydrogen-bond acceptors (Lipinski definition) is 5. The number of nitrogens with one attached hydrogen (secondary N) is 2. The Kier molecular flexibility index (Phi) is 9.21. The van der Waals surface area contributed by atoms with E-state index in [1.54, 1.807) is 12.1 Å². The van der Waals surface area contributed by atoms with E-state index < -0.39 is 40.9 Å². The Morgan fingerprint density at radius 3 is 2.41 bits per heavy atom. The molecule has 8 nitrogen and oxygen atoms in total. The first-order valence-electron chi connectivity index (χ1n) is 12.5. The fourth-order valence-electron chi connectivity index (χ4n) is 4.59. The van der Waals surface area contributed by atoms with Crippen LogP contribution in [0.25, 0.3) is 0 Å². The molecule has 2 aromatic carbocycles. The van der Waals surface area contributed by atoms with Gasteiger partial charge in [0, 0.05) is 23.2 Å². The van der Waals surface area contributed by atoms with Crippen LogP contribution >= 0.6 is 11.6 Å². The highest BCUT2D eigenvalue weighted by molar-refractivity contribution is 6.21. The lowest BCUT2D eigenvalue weighted by atomic mass is 9.98. The summed E-state index contributed by atoms with van der Waals surface area (Å²) in [5.74, 6) is -1.53. The van der Waals surface area contributed by atoms with Crippen molar-refractivity contribution in [2.45, 2.75) is 76.1 Å². The molecule has 1 saturated heterocycles. The van der Waals surface area contributed by atoms with Crippen LogP contribution in [0.5, 0.6) is 5.75 Å². The third-order valence-corrected chi connectivity index (χ3v) is 6.65. The van der Waals surface area contributed by atoms with E-state index >= 15 is 0 Å². The molecular formula is C28H36ClN3O5. The number of aliphatic hydroxyl groups excluding tert-OH is 1. The van der Waals surface area contributed by atoms with Crippen molar-refractivity contribution in [3.8, 4) is 5.75 Å². The fourth-order valence-corrected chi connectivity index (χ4v) is 4.90. The summed E-state index contributed by atoms with van der Waals surface area (Å²) in [6.45, 7) is 7.46. The van der Waals surface area contributed by atoms with Crippen molar-refractivity contribution >= 4 is 29.3 Å². The SMILES string of the molecule is CCc1c(O)cccc1C(=O)N[C@@H](Cc1ccccc1)[C@H](O)C(=O)N1C[C@@H](Cl)C[C@H]1C(=O)NC(C)(C)C. The summed E-state index contributed by atoms with van der Waals surface area (Å²) >= 11 is 6.34. The number of carbonyl (C=O) groups is 3. The maximum absolute atomic E-state index is 13.5. The van der Waals surface area contributed by atoms with Crippen LogP contribution in [-0.4, -0.2) is 68.5 Å². The van der Waals surface area contributed by atoms with E-state index in [0.29, 0.717) is 12.0 Å². The van der Waals surface area contributed by atoms with E-state index in [2.05, 4.69) is 10.6 Å². The van der Waals surface area contributed by atoms with Gasteiger partial charge in [-0.3, -0.25) is 14.4 Å². The van der Waals surface area contributed by atoms with Gasteiger partial charge in [-0.25, -0.2) is 0 Å². The fraction of sp³-hybridized carbons (Fsp3) is 0.464. The number of hydrogen-bond donors (Lipinski definition) is 4. The maximum atomic E-state index is 13.5. The summed E-state index contributed by atoms with van der Waals surface area (Å²) in [6.07, 6.45) is -0.758. The van der Waals surface area contributed by atoms with Crippen LogP contribution in [-0.2, 0) is 22.4 Å². The molecule has 0 saturated carbocycles. The second kappa shape index (κ2) is 12.0. The van der Waals surface area contributed by atoms with Crippen LogP contribution in [0.4, 0.5) is 0 Å². The number of halogens is 1. The van der Waals surface area contributed by atoms with Gasteiger partial charge < -0.3 is 25.7 Å². The van der Waals surface area contributed by atoms with Gasteiger partial charge in [-0.1, -0.05) is 43.3 Å². The molecule has 1 aliphatic heterocycles. The molecule has 0 aliphatic carbocycles. The molecule has 0 spiro atoms. The molecular weight excluding hydrogens is 494 g/mol. The second-order valence-electron chi connectivity index (χ2n) is 10.4. The number of likely N-dealkylation sites (tertiary alicyclic amines) is 1. The van der Waals surface area contributed by atoms with Crippen LogP contribution in [0.2, 0.25) is 0 Å². The quantitative estimate of drug-likeness (QED) is 0.392. The molecule has 1 fully saturated rings. The van der Waals surface area contributed by atoms with Crippen LogP contribution in [0.15, 0.2) is 48.5 Å². The van der Waals surface area contributed by atoms with E-state index in [1.165, 1.54) is 11.0 Å². The molecule has 0 unspecified atom stereocenters. The number of phenolic OH excluding ortho intramolecular Hbond substituents is 1. The zero-order valence-electron chi connectivity index (χ0n) is 21.7. The van der Waals surface area contributed by atoms with Gasteiger partial charge in [0.2, 0.25) is 5.91 Å². The highest BCUT2D eigenvalue weighted by Crippen LogP contribution is 2.26. The summed E-state index contributed by atoms with van der Waals surface area (Å²) in [5.41, 5.74) is 1.05. The molecule has 1 heterocycles. The molecule has 3 rings (SSSR count). The summed E-state index contributed by atoms with van der Waals surface area (Å²) in [4.78, 5) is 41.0. The maximum Gasteiger partial charge on any atom is 0.254 e. The van der Waals surface area contributed by atoms with Crippen molar-refractivity contribution in [2.24, 2.45) is 0 Å². The van der Waals surface area contributed by atoms with Crippen LogP contribution in [0.3, 0.4) is 0 Å².